The zero-order valence-corrected chi connectivity index (χ0v) is 9.73. The maximum absolute atomic E-state index is 5.64. The van der Waals surface area contributed by atoms with E-state index in [-0.39, 0.29) is 6.01 Å². The van der Waals surface area contributed by atoms with Crippen LogP contribution in [-0.2, 0) is 0 Å². The first kappa shape index (κ1) is 10.3. The van der Waals surface area contributed by atoms with Gasteiger partial charge in [0.2, 0.25) is 0 Å². The molecule has 0 amide bonds. The molecule has 0 aliphatic rings. The third kappa shape index (κ3) is 2.87. The van der Waals surface area contributed by atoms with Gasteiger partial charge >= 0.3 is 6.01 Å². The van der Waals surface area contributed by atoms with Crippen LogP contribution in [0.3, 0.4) is 0 Å². The van der Waals surface area contributed by atoms with E-state index in [0.29, 0.717) is 10.8 Å². The maximum Gasteiger partial charge on any atom is 0.322 e. The van der Waals surface area contributed by atoms with Crippen molar-refractivity contribution < 1.29 is 4.74 Å². The molecule has 4 nitrogen and oxygen atoms in total. The van der Waals surface area contributed by atoms with E-state index in [9.17, 15) is 0 Å². The van der Waals surface area contributed by atoms with Crippen molar-refractivity contribution in [2.75, 3.05) is 0 Å². The fraction of sp³-hybridized carbons (Fsp3) is 0. The van der Waals surface area contributed by atoms with E-state index in [1.54, 1.807) is 18.5 Å². The normalized spacial score (nSPS) is 10.0. The Kier molecular flexibility index (Phi) is 3.13. The summed E-state index contributed by atoms with van der Waals surface area (Å²) in [5, 5.41) is 0.467. The van der Waals surface area contributed by atoms with Crippen LogP contribution in [0.2, 0.25) is 5.02 Å². The van der Waals surface area contributed by atoms with Gasteiger partial charge in [0.15, 0.2) is 5.75 Å². The minimum absolute atomic E-state index is 0.235. The Morgan fingerprint density at radius 1 is 1.13 bits per heavy atom. The zero-order valence-electron chi connectivity index (χ0n) is 7.39. The summed E-state index contributed by atoms with van der Waals surface area (Å²) in [6, 6.07) is 2.00. The lowest BCUT2D eigenvalue weighted by molar-refractivity contribution is 0.439. The van der Waals surface area contributed by atoms with Gasteiger partial charge in [-0.25, -0.2) is 9.97 Å². The van der Waals surface area contributed by atoms with Crippen LogP contribution in [-0.4, -0.2) is 15.0 Å². The Morgan fingerprint density at radius 3 is 2.53 bits per heavy atom. The van der Waals surface area contributed by atoms with Gasteiger partial charge in [-0.05, 0) is 22.0 Å². The lowest BCUT2D eigenvalue weighted by Crippen LogP contribution is -1.91. The summed E-state index contributed by atoms with van der Waals surface area (Å²) in [6.45, 7) is 0. The summed E-state index contributed by atoms with van der Waals surface area (Å²) in [5.41, 5.74) is 0. The summed E-state index contributed by atoms with van der Waals surface area (Å²) >= 11 is 8.92. The van der Waals surface area contributed by atoms with Gasteiger partial charge in [0, 0.05) is 10.7 Å². The molecule has 0 aliphatic heterocycles. The number of hydrogen-bond acceptors (Lipinski definition) is 4. The van der Waals surface area contributed by atoms with Gasteiger partial charge in [0.1, 0.15) is 0 Å². The van der Waals surface area contributed by atoms with Crippen LogP contribution in [0.1, 0.15) is 0 Å². The number of nitrogens with zero attached hydrogens (tertiary/aromatic N) is 3. The van der Waals surface area contributed by atoms with Crippen molar-refractivity contribution in [3.05, 3.63) is 40.3 Å². The van der Waals surface area contributed by atoms with Crippen LogP contribution in [0.25, 0.3) is 0 Å². The van der Waals surface area contributed by atoms with Crippen molar-refractivity contribution >= 4 is 27.5 Å². The SMILES string of the molecule is Clc1cnc(Oc2cncc(Br)c2)nc1. The quantitative estimate of drug-likeness (QED) is 0.851. The third-order valence-electron chi connectivity index (χ3n) is 1.49. The van der Waals surface area contributed by atoms with Crippen LogP contribution in [0.15, 0.2) is 35.3 Å². The highest BCUT2D eigenvalue weighted by Gasteiger charge is 2.00. The van der Waals surface area contributed by atoms with Gasteiger partial charge < -0.3 is 4.74 Å². The molecule has 0 aromatic carbocycles. The molecule has 6 heteroatoms. The summed E-state index contributed by atoms with van der Waals surface area (Å²) in [7, 11) is 0. The van der Waals surface area contributed by atoms with Crippen LogP contribution < -0.4 is 4.74 Å². The van der Waals surface area contributed by atoms with Crippen LogP contribution in [0, 0.1) is 0 Å². The zero-order chi connectivity index (χ0) is 10.7. The molecule has 0 N–H and O–H groups in total. The van der Waals surface area contributed by atoms with Crippen molar-refractivity contribution in [2.24, 2.45) is 0 Å². The highest BCUT2D eigenvalue weighted by atomic mass is 79.9. The largest absolute Gasteiger partial charge is 0.423 e. The minimum atomic E-state index is 0.235. The molecule has 0 aliphatic carbocycles. The monoisotopic (exact) mass is 285 g/mol. The summed E-state index contributed by atoms with van der Waals surface area (Å²) in [4.78, 5) is 11.7. The van der Waals surface area contributed by atoms with Crippen molar-refractivity contribution in [1.82, 2.24) is 15.0 Å². The second-order valence-electron chi connectivity index (χ2n) is 2.62. The minimum Gasteiger partial charge on any atom is -0.423 e. The first-order valence-corrected chi connectivity index (χ1v) is 5.17. The van der Waals surface area contributed by atoms with Crippen LogP contribution >= 0.6 is 27.5 Å². The molecule has 2 aromatic heterocycles. The summed E-state index contributed by atoms with van der Waals surface area (Å²) in [5.74, 6) is 0.562. The van der Waals surface area contributed by atoms with E-state index in [2.05, 4.69) is 30.9 Å². The smallest absolute Gasteiger partial charge is 0.322 e. The highest BCUT2D eigenvalue weighted by Crippen LogP contribution is 2.20. The van der Waals surface area contributed by atoms with Gasteiger partial charge in [-0.15, -0.1) is 0 Å². The lowest BCUT2D eigenvalue weighted by Gasteiger charge is -2.02. The van der Waals surface area contributed by atoms with Gasteiger partial charge in [-0.2, -0.15) is 0 Å². The van der Waals surface area contributed by atoms with E-state index < -0.39 is 0 Å². The second kappa shape index (κ2) is 4.55. The van der Waals surface area contributed by atoms with Gasteiger partial charge in [0.05, 0.1) is 23.6 Å². The van der Waals surface area contributed by atoms with E-state index in [0.717, 1.165) is 4.47 Å². The molecule has 0 saturated heterocycles. The molecule has 0 saturated carbocycles. The fourth-order valence-electron chi connectivity index (χ4n) is 0.907. The molecule has 2 aromatic rings. The first-order valence-electron chi connectivity index (χ1n) is 4.00. The number of pyridine rings is 1. The van der Waals surface area contributed by atoms with Gasteiger partial charge in [-0.1, -0.05) is 11.6 Å². The molecule has 15 heavy (non-hydrogen) atoms. The number of halogens is 2. The molecular weight excluding hydrogens is 281 g/mol. The number of ether oxygens (including phenoxy) is 1. The van der Waals surface area contributed by atoms with E-state index in [1.807, 2.05) is 0 Å². The van der Waals surface area contributed by atoms with Crippen molar-refractivity contribution in [3.8, 4) is 11.8 Å². The Labute approximate surface area is 99.4 Å². The molecule has 0 fully saturated rings. The molecule has 76 valence electrons. The van der Waals surface area contributed by atoms with Gasteiger partial charge in [0.25, 0.3) is 0 Å². The van der Waals surface area contributed by atoms with Gasteiger partial charge in [-0.3, -0.25) is 4.98 Å². The topological polar surface area (TPSA) is 47.9 Å². The lowest BCUT2D eigenvalue weighted by atomic mass is 10.5. The molecular formula is C9H5BrClN3O. The maximum atomic E-state index is 5.64. The third-order valence-corrected chi connectivity index (χ3v) is 2.11. The number of aromatic nitrogens is 3. The van der Waals surface area contributed by atoms with E-state index in [1.165, 1.54) is 12.4 Å². The Balaban J connectivity index is 2.18. The molecule has 0 bridgehead atoms. The van der Waals surface area contributed by atoms with Crippen LogP contribution in [0.5, 0.6) is 11.8 Å². The average Bonchev–Trinajstić information content (AvgIpc) is 2.22. The second-order valence-corrected chi connectivity index (χ2v) is 3.98. The average molecular weight is 287 g/mol. The van der Waals surface area contributed by atoms with Crippen molar-refractivity contribution in [1.29, 1.82) is 0 Å². The Morgan fingerprint density at radius 2 is 1.87 bits per heavy atom. The predicted octanol–water partition coefficient (Wildman–Crippen LogP) is 3.08. The fourth-order valence-corrected chi connectivity index (χ4v) is 1.35. The molecule has 0 spiro atoms. The number of hydrogen-bond donors (Lipinski definition) is 0. The molecule has 0 radical (unpaired) electrons. The molecule has 0 atom stereocenters. The standard InChI is InChI=1S/C9H5BrClN3O/c10-6-1-8(5-12-2-6)15-9-13-3-7(11)4-14-9/h1-5H. The predicted molar refractivity (Wildman–Crippen MR) is 59.1 cm³/mol. The van der Waals surface area contributed by atoms with E-state index >= 15 is 0 Å². The van der Waals surface area contributed by atoms with E-state index in [4.69, 9.17) is 16.3 Å². The van der Waals surface area contributed by atoms with Crippen molar-refractivity contribution in [3.63, 3.8) is 0 Å². The summed E-state index contributed by atoms with van der Waals surface area (Å²) < 4.78 is 6.17. The molecule has 2 rings (SSSR count). The Hall–Kier alpha value is -1.20. The molecule has 0 unspecified atom stereocenters. The highest BCUT2D eigenvalue weighted by molar-refractivity contribution is 9.10. The first-order chi connectivity index (χ1) is 7.24. The summed E-state index contributed by atoms with van der Waals surface area (Å²) in [6.07, 6.45) is 6.17. The number of rotatable bonds is 2. The van der Waals surface area contributed by atoms with Crippen LogP contribution in [0.4, 0.5) is 0 Å². The van der Waals surface area contributed by atoms with Crippen molar-refractivity contribution in [2.45, 2.75) is 0 Å². The Bertz CT molecular complexity index is 463. The molecule has 2 heterocycles.